The Morgan fingerprint density at radius 2 is 1.55 bits per heavy atom. The van der Waals surface area contributed by atoms with E-state index in [1.54, 1.807) is 24.0 Å². The number of H-pyrrole nitrogens is 1. The summed E-state index contributed by atoms with van der Waals surface area (Å²) >= 11 is 0. The summed E-state index contributed by atoms with van der Waals surface area (Å²) in [6.45, 7) is 11.1. The molecule has 0 aliphatic heterocycles. The maximum atomic E-state index is 13.5. The van der Waals surface area contributed by atoms with Crippen LogP contribution >= 0.6 is 0 Å². The van der Waals surface area contributed by atoms with E-state index in [2.05, 4.69) is 4.98 Å². The number of aromatic nitrogens is 1. The molecule has 174 valence electrons. The third-order valence-corrected chi connectivity index (χ3v) is 5.56. The van der Waals surface area contributed by atoms with Crippen molar-refractivity contribution in [2.75, 3.05) is 13.2 Å². The molecule has 0 saturated carbocycles. The Morgan fingerprint density at radius 3 is 2.15 bits per heavy atom. The van der Waals surface area contributed by atoms with Gasteiger partial charge >= 0.3 is 5.97 Å². The van der Waals surface area contributed by atoms with Gasteiger partial charge in [0.2, 0.25) is 0 Å². The van der Waals surface area contributed by atoms with Gasteiger partial charge in [-0.15, -0.1) is 0 Å². The molecule has 0 saturated heterocycles. The van der Waals surface area contributed by atoms with Gasteiger partial charge in [-0.25, -0.2) is 4.79 Å². The van der Waals surface area contributed by atoms with Crippen molar-refractivity contribution in [3.63, 3.8) is 0 Å². The van der Waals surface area contributed by atoms with E-state index in [9.17, 15) is 9.59 Å². The van der Waals surface area contributed by atoms with Crippen LogP contribution in [0.4, 0.5) is 0 Å². The van der Waals surface area contributed by atoms with Gasteiger partial charge in [0.25, 0.3) is 5.91 Å². The second-order valence-electron chi connectivity index (χ2n) is 8.05. The summed E-state index contributed by atoms with van der Waals surface area (Å²) in [5.41, 5.74) is 5.68. The maximum absolute atomic E-state index is 13.5. The van der Waals surface area contributed by atoms with Crippen molar-refractivity contribution in [2.24, 2.45) is 0 Å². The van der Waals surface area contributed by atoms with Gasteiger partial charge in [0.05, 0.1) is 25.3 Å². The van der Waals surface area contributed by atoms with Crippen molar-refractivity contribution in [2.45, 2.75) is 47.7 Å². The maximum Gasteiger partial charge on any atom is 0.340 e. The van der Waals surface area contributed by atoms with Gasteiger partial charge in [0, 0.05) is 23.5 Å². The molecule has 1 amide bonds. The molecule has 0 fully saturated rings. The van der Waals surface area contributed by atoms with Gasteiger partial charge in [-0.2, -0.15) is 0 Å². The predicted molar refractivity (Wildman–Crippen MR) is 129 cm³/mol. The predicted octanol–water partition coefficient (Wildman–Crippen LogP) is 5.36. The molecule has 0 unspecified atom stereocenters. The number of ether oxygens (including phenoxy) is 2. The number of benzene rings is 2. The summed E-state index contributed by atoms with van der Waals surface area (Å²) in [5, 5.41) is 0. The highest BCUT2D eigenvalue weighted by molar-refractivity contribution is 5.95. The number of hydrogen-bond acceptors (Lipinski definition) is 4. The first-order valence-corrected chi connectivity index (χ1v) is 11.3. The smallest absolute Gasteiger partial charge is 0.340 e. The molecule has 2 aromatic carbocycles. The summed E-state index contributed by atoms with van der Waals surface area (Å²) in [6, 6.07) is 15.3. The quantitative estimate of drug-likeness (QED) is 0.448. The van der Waals surface area contributed by atoms with Crippen molar-refractivity contribution in [1.29, 1.82) is 0 Å². The van der Waals surface area contributed by atoms with E-state index in [1.807, 2.05) is 64.1 Å². The van der Waals surface area contributed by atoms with E-state index in [4.69, 9.17) is 9.47 Å². The van der Waals surface area contributed by atoms with Gasteiger partial charge in [0.15, 0.2) is 0 Å². The number of carbonyl (C=O) groups excluding carboxylic acids is 2. The molecule has 3 rings (SSSR count). The molecule has 3 aromatic rings. The van der Waals surface area contributed by atoms with Crippen LogP contribution in [-0.2, 0) is 17.8 Å². The minimum atomic E-state index is -0.349. The van der Waals surface area contributed by atoms with E-state index in [0.29, 0.717) is 37.4 Å². The Hall–Kier alpha value is -3.54. The van der Waals surface area contributed by atoms with Crippen LogP contribution in [0.5, 0.6) is 5.75 Å². The molecule has 0 spiro atoms. The van der Waals surface area contributed by atoms with Crippen LogP contribution in [-0.4, -0.2) is 35.0 Å². The van der Waals surface area contributed by atoms with Crippen LogP contribution in [0.2, 0.25) is 0 Å². The Bertz CT molecular complexity index is 1100. The summed E-state index contributed by atoms with van der Waals surface area (Å²) in [4.78, 5) is 31.0. The zero-order chi connectivity index (χ0) is 24.0. The lowest BCUT2D eigenvalue weighted by Crippen LogP contribution is -2.30. The summed E-state index contributed by atoms with van der Waals surface area (Å²) < 4.78 is 10.7. The van der Waals surface area contributed by atoms with Gasteiger partial charge in [-0.1, -0.05) is 29.8 Å². The number of hydrogen-bond donors (Lipinski definition) is 1. The van der Waals surface area contributed by atoms with Crippen molar-refractivity contribution < 1.29 is 19.1 Å². The van der Waals surface area contributed by atoms with E-state index in [0.717, 1.165) is 33.8 Å². The minimum Gasteiger partial charge on any atom is -0.494 e. The van der Waals surface area contributed by atoms with Crippen LogP contribution < -0.4 is 4.74 Å². The fraction of sp³-hybridized carbons (Fsp3) is 0.333. The standard InChI is InChI=1S/C27H32N2O4/c1-6-32-23-14-12-22(13-15-23)26(30)29(16-21-10-8-18(3)9-11-21)17-24-19(4)25(20(5)28-24)27(31)33-7-2/h8-15,28H,6-7,16-17H2,1-5H3. The van der Waals surface area contributed by atoms with E-state index < -0.39 is 0 Å². The average Bonchev–Trinajstić information content (AvgIpc) is 3.08. The first-order chi connectivity index (χ1) is 15.8. The van der Waals surface area contributed by atoms with Crippen molar-refractivity contribution >= 4 is 11.9 Å². The first kappa shape index (κ1) is 24.1. The second-order valence-corrected chi connectivity index (χ2v) is 8.05. The lowest BCUT2D eigenvalue weighted by molar-refractivity contribution is 0.0524. The Balaban J connectivity index is 1.92. The molecule has 0 aliphatic rings. The monoisotopic (exact) mass is 448 g/mol. The number of carbonyl (C=O) groups is 2. The van der Waals surface area contributed by atoms with E-state index in [1.165, 1.54) is 0 Å². The van der Waals surface area contributed by atoms with E-state index >= 15 is 0 Å². The number of aromatic amines is 1. The van der Waals surface area contributed by atoms with Gasteiger partial charge in [0.1, 0.15) is 5.75 Å². The fourth-order valence-electron chi connectivity index (χ4n) is 3.83. The molecule has 0 radical (unpaired) electrons. The van der Waals surface area contributed by atoms with Crippen LogP contribution in [0.15, 0.2) is 48.5 Å². The van der Waals surface area contributed by atoms with Gasteiger partial charge in [-0.05, 0) is 70.0 Å². The molecule has 6 nitrogen and oxygen atoms in total. The number of nitrogens with zero attached hydrogens (tertiary/aromatic N) is 1. The molecule has 0 aliphatic carbocycles. The third-order valence-electron chi connectivity index (χ3n) is 5.56. The van der Waals surface area contributed by atoms with Crippen LogP contribution in [0.1, 0.15) is 62.6 Å². The normalized spacial score (nSPS) is 10.7. The molecule has 6 heteroatoms. The lowest BCUT2D eigenvalue weighted by Gasteiger charge is -2.23. The van der Waals surface area contributed by atoms with E-state index in [-0.39, 0.29) is 11.9 Å². The zero-order valence-electron chi connectivity index (χ0n) is 20.0. The van der Waals surface area contributed by atoms with Crippen molar-refractivity contribution in [3.05, 3.63) is 87.7 Å². The van der Waals surface area contributed by atoms with Crippen LogP contribution in [0, 0.1) is 20.8 Å². The van der Waals surface area contributed by atoms with Crippen LogP contribution in [0.3, 0.4) is 0 Å². The SMILES string of the molecule is CCOC(=O)c1c(C)[nH]c(CN(Cc2ccc(C)cc2)C(=O)c2ccc(OCC)cc2)c1C. The molecular weight excluding hydrogens is 416 g/mol. The highest BCUT2D eigenvalue weighted by atomic mass is 16.5. The largest absolute Gasteiger partial charge is 0.494 e. The average molecular weight is 449 g/mol. The lowest BCUT2D eigenvalue weighted by atomic mass is 10.1. The number of aryl methyl sites for hydroxylation is 2. The van der Waals surface area contributed by atoms with Crippen molar-refractivity contribution in [3.8, 4) is 5.75 Å². The summed E-state index contributed by atoms with van der Waals surface area (Å²) in [5.74, 6) is 0.287. The Morgan fingerprint density at radius 1 is 0.879 bits per heavy atom. The molecule has 1 N–H and O–H groups in total. The number of rotatable bonds is 9. The Kier molecular flexibility index (Phi) is 7.93. The molecular formula is C27H32N2O4. The zero-order valence-corrected chi connectivity index (χ0v) is 20.0. The molecule has 1 aromatic heterocycles. The van der Waals surface area contributed by atoms with Crippen molar-refractivity contribution in [1.82, 2.24) is 9.88 Å². The highest BCUT2D eigenvalue weighted by Gasteiger charge is 2.23. The summed E-state index contributed by atoms with van der Waals surface area (Å²) in [6.07, 6.45) is 0. The minimum absolute atomic E-state index is 0.0945. The molecule has 0 atom stereocenters. The topological polar surface area (TPSA) is 71.6 Å². The van der Waals surface area contributed by atoms with Crippen LogP contribution in [0.25, 0.3) is 0 Å². The number of esters is 1. The Labute approximate surface area is 195 Å². The summed E-state index contributed by atoms with van der Waals surface area (Å²) in [7, 11) is 0. The van der Waals surface area contributed by atoms with Gasteiger partial charge in [-0.3, -0.25) is 4.79 Å². The van der Waals surface area contributed by atoms with Gasteiger partial charge < -0.3 is 19.4 Å². The molecule has 0 bridgehead atoms. The molecule has 33 heavy (non-hydrogen) atoms. The fourth-order valence-corrected chi connectivity index (χ4v) is 3.83. The highest BCUT2D eigenvalue weighted by Crippen LogP contribution is 2.23. The first-order valence-electron chi connectivity index (χ1n) is 11.3. The molecule has 1 heterocycles. The number of nitrogens with one attached hydrogen (secondary N) is 1. The third kappa shape index (κ3) is 5.83. The number of amides is 1. The second kappa shape index (κ2) is 10.9.